The molecule has 1 aromatic carbocycles. The zero-order valence-electron chi connectivity index (χ0n) is 12.0. The third-order valence-corrected chi connectivity index (χ3v) is 3.79. The topological polar surface area (TPSA) is 56.7 Å². The smallest absolute Gasteiger partial charge is 0.146 e. The molecule has 20 heavy (non-hydrogen) atoms. The molecule has 3 rings (SSSR count). The van der Waals surface area contributed by atoms with Crippen LogP contribution in [0.4, 0.5) is 5.82 Å². The van der Waals surface area contributed by atoms with E-state index in [1.807, 2.05) is 13.0 Å². The molecule has 0 saturated carbocycles. The molecule has 0 fully saturated rings. The number of nitrogens with zero attached hydrogens (tertiary/aromatic N) is 3. The third kappa shape index (κ3) is 1.93. The lowest BCUT2D eigenvalue weighted by Gasteiger charge is -2.08. The zero-order valence-corrected chi connectivity index (χ0v) is 12.0. The van der Waals surface area contributed by atoms with Crippen molar-refractivity contribution in [2.75, 3.05) is 5.73 Å². The molecular weight excluding hydrogens is 248 g/mol. The predicted octanol–water partition coefficient (Wildman–Crippen LogP) is 2.99. The summed E-state index contributed by atoms with van der Waals surface area (Å²) < 4.78 is 2.21. The van der Waals surface area contributed by atoms with Gasteiger partial charge in [0.25, 0.3) is 0 Å². The van der Waals surface area contributed by atoms with Crippen LogP contribution in [0.5, 0.6) is 0 Å². The number of fused-ring (bicyclic) bond motifs is 1. The average Bonchev–Trinajstić information content (AvgIpc) is 2.65. The van der Waals surface area contributed by atoms with E-state index in [1.165, 1.54) is 11.3 Å². The minimum atomic E-state index is 0.569. The summed E-state index contributed by atoms with van der Waals surface area (Å²) in [7, 11) is 0. The number of aromatic nitrogens is 3. The van der Waals surface area contributed by atoms with E-state index in [9.17, 15) is 0 Å². The fourth-order valence-corrected chi connectivity index (χ4v) is 2.64. The Morgan fingerprint density at radius 2 is 1.75 bits per heavy atom. The van der Waals surface area contributed by atoms with Gasteiger partial charge in [0.2, 0.25) is 0 Å². The first kappa shape index (κ1) is 12.7. The van der Waals surface area contributed by atoms with Crippen LogP contribution in [0.1, 0.15) is 22.6 Å². The van der Waals surface area contributed by atoms with Crippen LogP contribution in [0.3, 0.4) is 0 Å². The maximum Gasteiger partial charge on any atom is 0.146 e. The van der Waals surface area contributed by atoms with Crippen LogP contribution in [0, 0.1) is 20.8 Å². The minimum absolute atomic E-state index is 0.569. The summed E-state index contributed by atoms with van der Waals surface area (Å²) >= 11 is 0. The van der Waals surface area contributed by atoms with E-state index in [0.29, 0.717) is 11.6 Å². The van der Waals surface area contributed by atoms with Gasteiger partial charge in [-0.15, -0.1) is 0 Å². The molecule has 0 aliphatic heterocycles. The van der Waals surface area contributed by atoms with Crippen molar-refractivity contribution in [3.05, 3.63) is 53.0 Å². The summed E-state index contributed by atoms with van der Waals surface area (Å²) in [5.74, 6) is 1.28. The Balaban J connectivity index is 2.23. The van der Waals surface area contributed by atoms with Gasteiger partial charge in [0, 0.05) is 12.2 Å². The maximum absolute atomic E-state index is 6.07. The summed E-state index contributed by atoms with van der Waals surface area (Å²) in [6.45, 7) is 6.86. The van der Waals surface area contributed by atoms with Crippen LogP contribution in [-0.2, 0) is 6.54 Å². The molecule has 0 aliphatic rings. The zero-order chi connectivity index (χ0) is 14.3. The lowest BCUT2D eigenvalue weighted by Crippen LogP contribution is -2.04. The van der Waals surface area contributed by atoms with Crippen LogP contribution in [0.25, 0.3) is 11.0 Å². The van der Waals surface area contributed by atoms with Gasteiger partial charge in [-0.2, -0.15) is 0 Å². The van der Waals surface area contributed by atoms with E-state index >= 15 is 0 Å². The average molecular weight is 266 g/mol. The summed E-state index contributed by atoms with van der Waals surface area (Å²) in [5.41, 5.74) is 10.6. The van der Waals surface area contributed by atoms with Gasteiger partial charge in [-0.1, -0.05) is 30.3 Å². The van der Waals surface area contributed by atoms with Crippen LogP contribution in [-0.4, -0.2) is 14.5 Å². The van der Waals surface area contributed by atoms with Gasteiger partial charge in [-0.3, -0.25) is 0 Å². The fourth-order valence-electron chi connectivity index (χ4n) is 2.64. The first-order valence-electron chi connectivity index (χ1n) is 6.71. The Kier molecular flexibility index (Phi) is 2.93. The highest BCUT2D eigenvalue weighted by Crippen LogP contribution is 2.28. The second kappa shape index (κ2) is 4.63. The van der Waals surface area contributed by atoms with E-state index in [2.05, 4.69) is 52.6 Å². The fraction of sp³-hybridized carbons (Fsp3) is 0.250. The minimum Gasteiger partial charge on any atom is -0.383 e. The molecule has 0 aliphatic carbocycles. The summed E-state index contributed by atoms with van der Waals surface area (Å²) in [4.78, 5) is 8.86. The van der Waals surface area contributed by atoms with Crippen molar-refractivity contribution in [3.63, 3.8) is 0 Å². The molecule has 0 amide bonds. The molecule has 0 saturated heterocycles. The first-order chi connectivity index (χ1) is 9.58. The van der Waals surface area contributed by atoms with Crippen molar-refractivity contribution in [3.8, 4) is 0 Å². The summed E-state index contributed by atoms with van der Waals surface area (Å²) in [5, 5.41) is 0.976. The number of rotatable bonds is 2. The molecule has 0 spiro atoms. The number of benzene rings is 1. The van der Waals surface area contributed by atoms with Gasteiger partial charge >= 0.3 is 0 Å². The highest BCUT2D eigenvalue weighted by molar-refractivity contribution is 5.91. The summed E-state index contributed by atoms with van der Waals surface area (Å²) in [6, 6.07) is 10.4. The Bertz CT molecular complexity index is 772. The van der Waals surface area contributed by atoms with E-state index in [0.717, 1.165) is 23.1 Å². The molecule has 102 valence electrons. The molecule has 0 atom stereocenters. The number of hydrogen-bond acceptors (Lipinski definition) is 3. The standard InChI is InChI=1S/C16H18N4/c1-10-11(2)20(9-13-7-5-4-6-8-13)16-14(10)15(17)18-12(3)19-16/h4-8H,9H2,1-3H3,(H2,17,18,19). The lowest BCUT2D eigenvalue weighted by molar-refractivity contribution is 0.787. The van der Waals surface area contributed by atoms with Crippen LogP contribution in [0.15, 0.2) is 30.3 Å². The van der Waals surface area contributed by atoms with Crippen molar-refractivity contribution in [2.24, 2.45) is 0 Å². The molecule has 2 aromatic heterocycles. The van der Waals surface area contributed by atoms with Crippen molar-refractivity contribution < 1.29 is 0 Å². The Hall–Kier alpha value is -2.36. The lowest BCUT2D eigenvalue weighted by atomic mass is 10.2. The van der Waals surface area contributed by atoms with Crippen LogP contribution < -0.4 is 5.73 Å². The molecule has 3 aromatic rings. The Labute approximate surface area is 118 Å². The van der Waals surface area contributed by atoms with Crippen molar-refractivity contribution >= 4 is 16.9 Å². The van der Waals surface area contributed by atoms with Gasteiger partial charge < -0.3 is 10.3 Å². The van der Waals surface area contributed by atoms with Gasteiger partial charge in [-0.25, -0.2) is 9.97 Å². The number of anilines is 1. The highest BCUT2D eigenvalue weighted by atomic mass is 15.1. The molecule has 0 unspecified atom stereocenters. The molecule has 0 radical (unpaired) electrons. The Morgan fingerprint density at radius 3 is 2.45 bits per heavy atom. The second-order valence-corrected chi connectivity index (χ2v) is 5.14. The SMILES string of the molecule is Cc1nc(N)c2c(C)c(C)n(Cc3ccccc3)c2n1. The van der Waals surface area contributed by atoms with E-state index in [1.54, 1.807) is 0 Å². The highest BCUT2D eigenvalue weighted by Gasteiger charge is 2.16. The van der Waals surface area contributed by atoms with E-state index in [-0.39, 0.29) is 0 Å². The van der Waals surface area contributed by atoms with Crippen LogP contribution in [0.2, 0.25) is 0 Å². The van der Waals surface area contributed by atoms with Crippen molar-refractivity contribution in [1.29, 1.82) is 0 Å². The van der Waals surface area contributed by atoms with Gasteiger partial charge in [-0.05, 0) is 31.9 Å². The normalized spacial score (nSPS) is 11.2. The van der Waals surface area contributed by atoms with Crippen molar-refractivity contribution in [1.82, 2.24) is 14.5 Å². The van der Waals surface area contributed by atoms with Crippen LogP contribution >= 0.6 is 0 Å². The summed E-state index contributed by atoms with van der Waals surface area (Å²) in [6.07, 6.45) is 0. The van der Waals surface area contributed by atoms with Crippen molar-refractivity contribution in [2.45, 2.75) is 27.3 Å². The first-order valence-corrected chi connectivity index (χ1v) is 6.71. The second-order valence-electron chi connectivity index (χ2n) is 5.14. The molecule has 2 heterocycles. The predicted molar refractivity (Wildman–Crippen MR) is 81.7 cm³/mol. The van der Waals surface area contributed by atoms with Gasteiger partial charge in [0.15, 0.2) is 0 Å². The monoisotopic (exact) mass is 266 g/mol. The number of nitrogen functional groups attached to an aromatic ring is 1. The molecular formula is C16H18N4. The molecule has 0 bridgehead atoms. The Morgan fingerprint density at radius 1 is 1.05 bits per heavy atom. The molecule has 4 nitrogen and oxygen atoms in total. The van der Waals surface area contributed by atoms with Gasteiger partial charge in [0.05, 0.1) is 5.39 Å². The maximum atomic E-state index is 6.07. The quantitative estimate of drug-likeness (QED) is 0.775. The number of nitrogens with two attached hydrogens (primary N) is 1. The molecule has 2 N–H and O–H groups in total. The number of hydrogen-bond donors (Lipinski definition) is 1. The van der Waals surface area contributed by atoms with E-state index in [4.69, 9.17) is 5.73 Å². The largest absolute Gasteiger partial charge is 0.383 e. The molecule has 4 heteroatoms. The van der Waals surface area contributed by atoms with Gasteiger partial charge in [0.1, 0.15) is 17.3 Å². The van der Waals surface area contributed by atoms with E-state index < -0.39 is 0 Å². The third-order valence-electron chi connectivity index (χ3n) is 3.79. The number of aryl methyl sites for hydroxylation is 2.